The van der Waals surface area contributed by atoms with Crippen molar-refractivity contribution in [1.82, 2.24) is 10.0 Å². The molecule has 0 aliphatic heterocycles. The van der Waals surface area contributed by atoms with Crippen molar-refractivity contribution in [1.29, 1.82) is 0 Å². The Morgan fingerprint density at radius 1 is 1.32 bits per heavy atom. The normalized spacial score (nSPS) is 13.2. The fourth-order valence-electron chi connectivity index (χ4n) is 1.15. The zero-order valence-electron chi connectivity index (χ0n) is 10.4. The molecule has 0 saturated carbocycles. The van der Waals surface area contributed by atoms with Gasteiger partial charge in [-0.2, -0.15) is 17.9 Å². The minimum absolute atomic E-state index is 0.175. The molecule has 1 aromatic rings. The summed E-state index contributed by atoms with van der Waals surface area (Å²) in [7, 11) is -4.28. The quantitative estimate of drug-likeness (QED) is 0.837. The van der Waals surface area contributed by atoms with Gasteiger partial charge < -0.3 is 9.73 Å². The zero-order valence-corrected chi connectivity index (χ0v) is 11.2. The van der Waals surface area contributed by atoms with Crippen molar-refractivity contribution in [3.05, 3.63) is 17.9 Å². The third-order valence-electron chi connectivity index (χ3n) is 2.05. The Kier molecular flexibility index (Phi) is 4.99. The fourth-order valence-corrected chi connectivity index (χ4v) is 2.11. The summed E-state index contributed by atoms with van der Waals surface area (Å²) in [5, 5.41) is 2.46. The molecular weight excluding hydrogens is 285 g/mol. The maximum Gasteiger partial charge on any atom is 0.402 e. The van der Waals surface area contributed by atoms with Gasteiger partial charge in [0.15, 0.2) is 0 Å². The number of rotatable bonds is 6. The van der Waals surface area contributed by atoms with Crippen LogP contribution in [0.15, 0.2) is 21.6 Å². The number of halogens is 3. The van der Waals surface area contributed by atoms with Crippen molar-refractivity contribution in [2.45, 2.75) is 37.7 Å². The Morgan fingerprint density at radius 3 is 2.47 bits per heavy atom. The van der Waals surface area contributed by atoms with Crippen LogP contribution in [-0.2, 0) is 16.6 Å². The van der Waals surface area contributed by atoms with Gasteiger partial charge in [-0.1, -0.05) is 13.8 Å². The molecule has 1 heterocycles. The summed E-state index contributed by atoms with van der Waals surface area (Å²) in [4.78, 5) is 0. The maximum atomic E-state index is 11.9. The zero-order chi connectivity index (χ0) is 14.7. The molecule has 9 heteroatoms. The van der Waals surface area contributed by atoms with Crippen LogP contribution in [0.3, 0.4) is 0 Å². The van der Waals surface area contributed by atoms with Crippen LogP contribution in [0.1, 0.15) is 19.6 Å². The van der Waals surface area contributed by atoms with E-state index in [1.165, 1.54) is 10.8 Å². The molecule has 19 heavy (non-hydrogen) atoms. The molecule has 0 radical (unpaired) electrons. The first-order valence-electron chi connectivity index (χ1n) is 5.49. The van der Waals surface area contributed by atoms with Crippen LogP contribution in [0.2, 0.25) is 0 Å². The first-order chi connectivity index (χ1) is 8.60. The molecule has 0 fully saturated rings. The maximum absolute atomic E-state index is 11.9. The molecule has 0 aliphatic carbocycles. The summed E-state index contributed by atoms with van der Waals surface area (Å²) in [6.07, 6.45) is -4.61. The van der Waals surface area contributed by atoms with E-state index in [9.17, 15) is 21.6 Å². The molecule has 5 nitrogen and oxygen atoms in total. The highest BCUT2D eigenvalue weighted by Crippen LogP contribution is 2.17. The first-order valence-corrected chi connectivity index (χ1v) is 6.97. The highest BCUT2D eigenvalue weighted by molar-refractivity contribution is 7.89. The van der Waals surface area contributed by atoms with Gasteiger partial charge >= 0.3 is 6.18 Å². The summed E-state index contributed by atoms with van der Waals surface area (Å²) < 4.78 is 65.3. The van der Waals surface area contributed by atoms with Crippen LogP contribution in [0, 0.1) is 0 Å². The monoisotopic (exact) mass is 300 g/mol. The topological polar surface area (TPSA) is 71.3 Å². The third kappa shape index (κ3) is 5.62. The number of nitrogens with one attached hydrogen (secondary N) is 2. The average Bonchev–Trinajstić information content (AvgIpc) is 2.72. The van der Waals surface area contributed by atoms with E-state index in [2.05, 4.69) is 5.32 Å². The van der Waals surface area contributed by atoms with Gasteiger partial charge in [-0.05, 0) is 12.1 Å². The molecule has 0 saturated heterocycles. The lowest BCUT2D eigenvalue weighted by molar-refractivity contribution is -0.121. The number of hydrogen-bond acceptors (Lipinski definition) is 4. The van der Waals surface area contributed by atoms with Crippen LogP contribution in [0.25, 0.3) is 0 Å². The van der Waals surface area contributed by atoms with Crippen LogP contribution < -0.4 is 10.0 Å². The van der Waals surface area contributed by atoms with E-state index in [-0.39, 0.29) is 6.04 Å². The second-order valence-corrected chi connectivity index (χ2v) is 5.89. The van der Waals surface area contributed by atoms with Crippen LogP contribution in [0.5, 0.6) is 0 Å². The van der Waals surface area contributed by atoms with Gasteiger partial charge in [-0.3, -0.25) is 0 Å². The second kappa shape index (κ2) is 5.93. The average molecular weight is 300 g/mol. The van der Waals surface area contributed by atoms with E-state index in [1.54, 1.807) is 0 Å². The van der Waals surface area contributed by atoms with Crippen molar-refractivity contribution < 1.29 is 26.0 Å². The van der Waals surface area contributed by atoms with E-state index in [1.807, 2.05) is 13.8 Å². The molecule has 0 amide bonds. The lowest BCUT2D eigenvalue weighted by atomic mass is 10.3. The summed E-state index contributed by atoms with van der Waals surface area (Å²) in [5.74, 6) is 0.334. The van der Waals surface area contributed by atoms with Crippen LogP contribution in [-0.4, -0.2) is 27.2 Å². The molecule has 1 rings (SSSR count). The highest BCUT2D eigenvalue weighted by Gasteiger charge is 2.31. The molecule has 0 aliphatic rings. The Hall–Kier alpha value is -1.06. The third-order valence-corrected chi connectivity index (χ3v) is 3.32. The summed E-state index contributed by atoms with van der Waals surface area (Å²) in [6.45, 7) is 2.46. The first kappa shape index (κ1) is 16.0. The standard InChI is InChI=1S/C10H15F3N2O3S/c1-7(2)14-5-8-3-4-9(18-8)19(16,17)15-6-10(11,12)13/h3-4,7,14-15H,5-6H2,1-2H3. The number of alkyl halides is 3. The minimum Gasteiger partial charge on any atom is -0.447 e. The van der Waals surface area contributed by atoms with Gasteiger partial charge in [0.2, 0.25) is 5.09 Å². The molecule has 0 spiro atoms. The summed E-state index contributed by atoms with van der Waals surface area (Å²) in [6, 6.07) is 2.70. The van der Waals surface area contributed by atoms with Crippen molar-refractivity contribution in [2.24, 2.45) is 0 Å². The lowest BCUT2D eigenvalue weighted by Gasteiger charge is -2.07. The van der Waals surface area contributed by atoms with E-state index >= 15 is 0 Å². The number of furan rings is 1. The summed E-state index contributed by atoms with van der Waals surface area (Å²) in [5.41, 5.74) is 0. The SMILES string of the molecule is CC(C)NCc1ccc(S(=O)(=O)NCC(F)(F)F)o1. The molecule has 0 aromatic carbocycles. The van der Waals surface area contributed by atoms with Gasteiger partial charge in [-0.15, -0.1) is 0 Å². The van der Waals surface area contributed by atoms with Gasteiger partial charge in [-0.25, -0.2) is 8.42 Å². The number of sulfonamides is 1. The highest BCUT2D eigenvalue weighted by atomic mass is 32.2. The Labute approximate surface area is 109 Å². The van der Waals surface area contributed by atoms with Crippen molar-refractivity contribution in [2.75, 3.05) is 6.54 Å². The van der Waals surface area contributed by atoms with Gasteiger partial charge in [0.1, 0.15) is 12.3 Å². The van der Waals surface area contributed by atoms with Gasteiger partial charge in [0, 0.05) is 6.04 Å². The predicted molar refractivity (Wildman–Crippen MR) is 61.9 cm³/mol. The lowest BCUT2D eigenvalue weighted by Crippen LogP contribution is -2.33. The van der Waals surface area contributed by atoms with Crippen LogP contribution in [0.4, 0.5) is 13.2 Å². The van der Waals surface area contributed by atoms with E-state index in [0.29, 0.717) is 12.3 Å². The minimum atomic E-state index is -4.61. The molecule has 0 bridgehead atoms. The molecule has 110 valence electrons. The Bertz CT molecular complexity index is 508. The van der Waals surface area contributed by atoms with Gasteiger partial charge in [0.25, 0.3) is 10.0 Å². The van der Waals surface area contributed by atoms with Crippen molar-refractivity contribution in [3.63, 3.8) is 0 Å². The smallest absolute Gasteiger partial charge is 0.402 e. The van der Waals surface area contributed by atoms with E-state index < -0.39 is 27.8 Å². The van der Waals surface area contributed by atoms with Crippen molar-refractivity contribution in [3.8, 4) is 0 Å². The number of hydrogen-bond donors (Lipinski definition) is 2. The van der Waals surface area contributed by atoms with Crippen molar-refractivity contribution >= 4 is 10.0 Å². The fraction of sp³-hybridized carbons (Fsp3) is 0.600. The van der Waals surface area contributed by atoms with E-state index in [0.717, 1.165) is 6.07 Å². The largest absolute Gasteiger partial charge is 0.447 e. The van der Waals surface area contributed by atoms with Gasteiger partial charge in [0.05, 0.1) is 6.54 Å². The van der Waals surface area contributed by atoms with E-state index in [4.69, 9.17) is 4.42 Å². The molecule has 0 unspecified atom stereocenters. The molecule has 2 N–H and O–H groups in total. The second-order valence-electron chi connectivity index (χ2n) is 4.20. The molecule has 1 aromatic heterocycles. The van der Waals surface area contributed by atoms with Crippen LogP contribution >= 0.6 is 0 Å². The summed E-state index contributed by atoms with van der Waals surface area (Å²) >= 11 is 0. The molecule has 0 atom stereocenters. The Balaban J connectivity index is 2.69. The Morgan fingerprint density at radius 2 is 1.95 bits per heavy atom. The predicted octanol–water partition coefficient (Wildman–Crippen LogP) is 1.62. The molecular formula is C10H15F3N2O3S.